The van der Waals surface area contributed by atoms with Crippen molar-refractivity contribution >= 4 is 33.0 Å². The Morgan fingerprint density at radius 3 is 2.68 bits per heavy atom. The van der Waals surface area contributed by atoms with E-state index in [1.807, 2.05) is 0 Å². The molecule has 3 N–H and O–H groups in total. The van der Waals surface area contributed by atoms with Crippen molar-refractivity contribution in [2.24, 2.45) is 7.05 Å². The number of nitrogen functional groups attached to an aromatic ring is 1. The number of aryl methyl sites for hydroxylation is 1. The molecule has 0 bridgehead atoms. The van der Waals surface area contributed by atoms with E-state index in [-0.39, 0.29) is 21.4 Å². The van der Waals surface area contributed by atoms with Crippen molar-refractivity contribution in [1.29, 1.82) is 0 Å². The second-order valence-electron chi connectivity index (χ2n) is 3.73. The Balaban J connectivity index is 2.49. The van der Waals surface area contributed by atoms with Crippen LogP contribution in [0.25, 0.3) is 0 Å². The molecule has 0 unspecified atom stereocenters. The van der Waals surface area contributed by atoms with E-state index >= 15 is 0 Å². The van der Waals surface area contributed by atoms with Gasteiger partial charge in [-0.25, -0.2) is 4.39 Å². The van der Waals surface area contributed by atoms with Crippen LogP contribution in [0.2, 0.25) is 5.02 Å². The van der Waals surface area contributed by atoms with Crippen LogP contribution < -0.4 is 10.5 Å². The largest absolute Gasteiger partial charge is 0.397 e. The molecule has 0 aliphatic rings. The summed E-state index contributed by atoms with van der Waals surface area (Å²) in [5.74, 6) is -0.776. The first-order valence-electron chi connectivity index (χ1n) is 5.07. The van der Waals surface area contributed by atoms with Gasteiger partial charge < -0.3 is 5.73 Å². The Kier molecular flexibility index (Phi) is 3.38. The molecule has 1 aromatic carbocycles. The van der Waals surface area contributed by atoms with Crippen molar-refractivity contribution < 1.29 is 12.8 Å². The summed E-state index contributed by atoms with van der Waals surface area (Å²) in [5.41, 5.74) is 5.19. The second kappa shape index (κ2) is 4.71. The van der Waals surface area contributed by atoms with E-state index in [1.54, 1.807) is 0 Å². The number of nitrogens with one attached hydrogen (secondary N) is 1. The van der Waals surface area contributed by atoms with E-state index in [1.165, 1.54) is 25.4 Å². The van der Waals surface area contributed by atoms with Gasteiger partial charge in [-0.1, -0.05) is 17.7 Å². The Bertz CT molecular complexity index is 689. The third-order valence-electron chi connectivity index (χ3n) is 2.38. The van der Waals surface area contributed by atoms with Gasteiger partial charge in [0.05, 0.1) is 16.9 Å². The minimum absolute atomic E-state index is 0.0261. The molecular formula is C10H10ClFN4O2S. The molecule has 0 saturated carbocycles. The van der Waals surface area contributed by atoms with Crippen LogP contribution in [0.4, 0.5) is 15.8 Å². The van der Waals surface area contributed by atoms with Crippen molar-refractivity contribution in [3.05, 3.63) is 35.2 Å². The summed E-state index contributed by atoms with van der Waals surface area (Å²) in [6, 6.07) is 3.85. The fraction of sp³-hybridized carbons (Fsp3) is 0.100. The molecule has 2 rings (SSSR count). The predicted octanol–water partition coefficient (Wildman–Crippen LogP) is 1.60. The molecule has 1 aromatic heterocycles. The summed E-state index contributed by atoms with van der Waals surface area (Å²) in [6.45, 7) is 0. The number of sulfonamides is 1. The average Bonchev–Trinajstić information content (AvgIpc) is 2.64. The summed E-state index contributed by atoms with van der Waals surface area (Å²) in [5, 5.41) is 3.38. The summed E-state index contributed by atoms with van der Waals surface area (Å²) in [4.78, 5) is 0. The first-order valence-corrected chi connectivity index (χ1v) is 6.93. The highest BCUT2D eigenvalue weighted by molar-refractivity contribution is 7.92. The number of hydrogen-bond donors (Lipinski definition) is 2. The maximum Gasteiger partial charge on any atom is 0.280 e. The molecule has 0 aliphatic carbocycles. The number of aromatic nitrogens is 2. The van der Waals surface area contributed by atoms with Gasteiger partial charge >= 0.3 is 0 Å². The Hall–Kier alpha value is -1.80. The van der Waals surface area contributed by atoms with E-state index in [9.17, 15) is 12.8 Å². The first kappa shape index (κ1) is 13.6. The lowest BCUT2D eigenvalue weighted by Crippen LogP contribution is -2.18. The summed E-state index contributed by atoms with van der Waals surface area (Å²) in [6.07, 6.45) is 1.18. The monoisotopic (exact) mass is 304 g/mol. The molecule has 2 aromatic rings. The first-order chi connectivity index (χ1) is 8.83. The zero-order valence-corrected chi connectivity index (χ0v) is 11.3. The van der Waals surface area contributed by atoms with Gasteiger partial charge in [-0.05, 0) is 12.1 Å². The minimum Gasteiger partial charge on any atom is -0.397 e. The van der Waals surface area contributed by atoms with Gasteiger partial charge in [0.25, 0.3) is 10.0 Å². The highest BCUT2D eigenvalue weighted by Crippen LogP contribution is 2.27. The third kappa shape index (κ3) is 2.49. The molecule has 1 heterocycles. The topological polar surface area (TPSA) is 90.0 Å². The molecule has 0 aliphatic heterocycles. The number of nitrogens with zero attached hydrogens (tertiary/aromatic N) is 2. The number of para-hydroxylation sites is 1. The maximum atomic E-state index is 13.6. The second-order valence-corrected chi connectivity index (χ2v) is 5.74. The molecular weight excluding hydrogens is 295 g/mol. The zero-order chi connectivity index (χ0) is 14.2. The Morgan fingerprint density at radius 2 is 2.16 bits per heavy atom. The van der Waals surface area contributed by atoms with Crippen molar-refractivity contribution in [2.45, 2.75) is 5.03 Å². The fourth-order valence-electron chi connectivity index (χ4n) is 1.53. The number of rotatable bonds is 3. The molecule has 0 radical (unpaired) electrons. The number of benzene rings is 1. The average molecular weight is 305 g/mol. The normalized spacial score (nSPS) is 11.5. The van der Waals surface area contributed by atoms with E-state index in [2.05, 4.69) is 9.82 Å². The van der Waals surface area contributed by atoms with Gasteiger partial charge in [-0.2, -0.15) is 13.5 Å². The Labute approximate surface area is 114 Å². The molecule has 9 heteroatoms. The standard InChI is InChI=1S/C10H10ClFN4O2S/c1-16-10(6(11)5-14-16)19(17,18)15-9-7(12)3-2-4-8(9)13/h2-5,15H,13H2,1H3. The molecule has 19 heavy (non-hydrogen) atoms. The highest BCUT2D eigenvalue weighted by atomic mass is 35.5. The predicted molar refractivity (Wildman–Crippen MR) is 69.8 cm³/mol. The quantitative estimate of drug-likeness (QED) is 0.843. The summed E-state index contributed by atoms with van der Waals surface area (Å²) >= 11 is 5.75. The van der Waals surface area contributed by atoms with Gasteiger partial charge in [0.1, 0.15) is 11.5 Å². The minimum atomic E-state index is -4.08. The number of anilines is 2. The maximum absolute atomic E-state index is 13.6. The molecule has 102 valence electrons. The van der Waals surface area contributed by atoms with E-state index < -0.39 is 15.8 Å². The van der Waals surface area contributed by atoms with E-state index in [0.29, 0.717) is 0 Å². The zero-order valence-electron chi connectivity index (χ0n) is 9.76. The van der Waals surface area contributed by atoms with Crippen LogP contribution in [0.15, 0.2) is 29.4 Å². The molecule has 6 nitrogen and oxygen atoms in total. The molecule has 0 atom stereocenters. The van der Waals surface area contributed by atoms with Crippen molar-refractivity contribution in [2.75, 3.05) is 10.5 Å². The van der Waals surface area contributed by atoms with E-state index in [4.69, 9.17) is 17.3 Å². The van der Waals surface area contributed by atoms with E-state index in [0.717, 1.165) is 10.7 Å². The number of halogens is 2. The number of nitrogens with two attached hydrogens (primary N) is 1. The van der Waals surface area contributed by atoms with Crippen molar-refractivity contribution in [3.8, 4) is 0 Å². The van der Waals surface area contributed by atoms with Gasteiger partial charge in [-0.15, -0.1) is 0 Å². The van der Waals surface area contributed by atoms with Crippen LogP contribution in [0.3, 0.4) is 0 Å². The molecule has 0 fully saturated rings. The van der Waals surface area contributed by atoms with Crippen LogP contribution in [0, 0.1) is 5.82 Å². The Morgan fingerprint density at radius 1 is 1.47 bits per heavy atom. The fourth-order valence-corrected chi connectivity index (χ4v) is 3.29. The van der Waals surface area contributed by atoms with Crippen LogP contribution >= 0.6 is 11.6 Å². The van der Waals surface area contributed by atoms with Gasteiger partial charge in [0, 0.05) is 7.05 Å². The summed E-state index contributed by atoms with van der Waals surface area (Å²) < 4.78 is 41.0. The van der Waals surface area contributed by atoms with Gasteiger partial charge in [0.15, 0.2) is 5.03 Å². The number of hydrogen-bond acceptors (Lipinski definition) is 4. The highest BCUT2D eigenvalue weighted by Gasteiger charge is 2.24. The lowest BCUT2D eigenvalue weighted by atomic mass is 10.3. The van der Waals surface area contributed by atoms with Gasteiger partial charge in [0.2, 0.25) is 0 Å². The van der Waals surface area contributed by atoms with Gasteiger partial charge in [-0.3, -0.25) is 9.40 Å². The molecule has 0 amide bonds. The van der Waals surface area contributed by atoms with Crippen LogP contribution in [0.1, 0.15) is 0 Å². The summed E-state index contributed by atoms with van der Waals surface area (Å²) in [7, 11) is -2.67. The van der Waals surface area contributed by atoms with Crippen LogP contribution in [-0.4, -0.2) is 18.2 Å². The molecule has 0 saturated heterocycles. The van der Waals surface area contributed by atoms with Crippen LogP contribution in [0.5, 0.6) is 0 Å². The third-order valence-corrected chi connectivity index (χ3v) is 4.23. The SMILES string of the molecule is Cn1ncc(Cl)c1S(=O)(=O)Nc1c(N)cccc1F. The smallest absolute Gasteiger partial charge is 0.280 e. The molecule has 0 spiro atoms. The lowest BCUT2D eigenvalue weighted by Gasteiger charge is -2.11. The van der Waals surface area contributed by atoms with Crippen LogP contribution in [-0.2, 0) is 17.1 Å². The van der Waals surface area contributed by atoms with Crippen molar-refractivity contribution in [1.82, 2.24) is 9.78 Å². The van der Waals surface area contributed by atoms with Crippen molar-refractivity contribution in [3.63, 3.8) is 0 Å². The lowest BCUT2D eigenvalue weighted by molar-refractivity contribution is 0.580.